The first-order valence-corrected chi connectivity index (χ1v) is 9.27. The summed E-state index contributed by atoms with van der Waals surface area (Å²) in [7, 11) is 0. The van der Waals surface area contributed by atoms with E-state index >= 15 is 0 Å². The minimum Gasteiger partial charge on any atom is -0.507 e. The second kappa shape index (κ2) is 7.77. The van der Waals surface area contributed by atoms with Crippen LogP contribution in [0.1, 0.15) is 69.4 Å². The molecule has 2 N–H and O–H groups in total. The molecule has 0 saturated carbocycles. The van der Waals surface area contributed by atoms with Gasteiger partial charge in [0.1, 0.15) is 11.5 Å². The standard InChI is InChI=1S/C21H27NO3/c1-3-4-5-8-16-13-17(23)19(15-9-6-7-14(2)12-15)21(24)20(16)18-10-11-22-25-18/h10-13,15,23-24H,3-9H2,1-2H3. The van der Waals surface area contributed by atoms with E-state index in [1.54, 1.807) is 18.3 Å². The highest BCUT2D eigenvalue weighted by Crippen LogP contribution is 2.47. The molecule has 0 amide bonds. The van der Waals surface area contributed by atoms with Crippen molar-refractivity contribution in [3.05, 3.63) is 41.1 Å². The molecular formula is C21H27NO3. The fourth-order valence-corrected chi connectivity index (χ4v) is 3.81. The molecule has 4 nitrogen and oxygen atoms in total. The van der Waals surface area contributed by atoms with Gasteiger partial charge in [0, 0.05) is 17.5 Å². The molecule has 25 heavy (non-hydrogen) atoms. The number of aromatic nitrogens is 1. The van der Waals surface area contributed by atoms with E-state index in [0.29, 0.717) is 16.9 Å². The monoisotopic (exact) mass is 341 g/mol. The van der Waals surface area contributed by atoms with Gasteiger partial charge >= 0.3 is 0 Å². The molecule has 1 aromatic heterocycles. The van der Waals surface area contributed by atoms with Crippen LogP contribution < -0.4 is 0 Å². The third-order valence-corrected chi connectivity index (χ3v) is 5.08. The van der Waals surface area contributed by atoms with E-state index in [1.807, 2.05) is 0 Å². The van der Waals surface area contributed by atoms with Crippen LogP contribution in [0.4, 0.5) is 0 Å². The fraction of sp³-hybridized carbons (Fsp3) is 0.476. The van der Waals surface area contributed by atoms with E-state index in [0.717, 1.165) is 50.5 Å². The van der Waals surface area contributed by atoms with Crippen molar-refractivity contribution in [1.29, 1.82) is 0 Å². The number of aromatic hydroxyl groups is 2. The highest BCUT2D eigenvalue weighted by Gasteiger charge is 2.26. The van der Waals surface area contributed by atoms with Gasteiger partial charge < -0.3 is 14.7 Å². The predicted molar refractivity (Wildman–Crippen MR) is 98.8 cm³/mol. The van der Waals surface area contributed by atoms with Gasteiger partial charge in [-0.1, -0.05) is 36.6 Å². The van der Waals surface area contributed by atoms with Gasteiger partial charge in [0.05, 0.1) is 11.8 Å². The summed E-state index contributed by atoms with van der Waals surface area (Å²) in [5.74, 6) is 0.921. The molecule has 3 rings (SSSR count). The third-order valence-electron chi connectivity index (χ3n) is 5.08. The molecule has 2 aromatic rings. The molecule has 1 aliphatic carbocycles. The summed E-state index contributed by atoms with van der Waals surface area (Å²) >= 11 is 0. The average Bonchev–Trinajstić information content (AvgIpc) is 3.09. The number of nitrogens with zero attached hydrogens (tertiary/aromatic N) is 1. The topological polar surface area (TPSA) is 66.5 Å². The Morgan fingerprint density at radius 2 is 2.12 bits per heavy atom. The van der Waals surface area contributed by atoms with Crippen molar-refractivity contribution in [2.45, 2.75) is 64.7 Å². The highest BCUT2D eigenvalue weighted by molar-refractivity contribution is 5.74. The van der Waals surface area contributed by atoms with E-state index < -0.39 is 0 Å². The first kappa shape index (κ1) is 17.6. The smallest absolute Gasteiger partial charge is 0.170 e. The van der Waals surface area contributed by atoms with Gasteiger partial charge in [-0.05, 0) is 50.7 Å². The van der Waals surface area contributed by atoms with Gasteiger partial charge in [0.2, 0.25) is 0 Å². The molecule has 134 valence electrons. The first-order chi connectivity index (χ1) is 12.1. The zero-order valence-corrected chi connectivity index (χ0v) is 15.1. The SMILES string of the molecule is CCCCCc1cc(O)c(C2C=C(C)CCC2)c(O)c1-c1ccno1. The van der Waals surface area contributed by atoms with Crippen molar-refractivity contribution in [2.24, 2.45) is 0 Å². The number of phenolic OH excluding ortho intramolecular Hbond substituents is 2. The van der Waals surface area contributed by atoms with Crippen LogP contribution in [0.15, 0.2) is 34.5 Å². The van der Waals surface area contributed by atoms with Crippen molar-refractivity contribution >= 4 is 0 Å². The molecule has 0 bridgehead atoms. The van der Waals surface area contributed by atoms with Crippen LogP contribution in [0.25, 0.3) is 11.3 Å². The number of unbranched alkanes of at least 4 members (excludes halogenated alkanes) is 2. The second-order valence-corrected chi connectivity index (χ2v) is 7.04. The molecular weight excluding hydrogens is 314 g/mol. The maximum absolute atomic E-state index is 11.0. The van der Waals surface area contributed by atoms with Gasteiger partial charge in [-0.2, -0.15) is 0 Å². The lowest BCUT2D eigenvalue weighted by atomic mass is 9.83. The van der Waals surface area contributed by atoms with Crippen molar-refractivity contribution in [2.75, 3.05) is 0 Å². The normalized spacial score (nSPS) is 17.5. The van der Waals surface area contributed by atoms with Crippen LogP contribution >= 0.6 is 0 Å². The van der Waals surface area contributed by atoms with Crippen molar-refractivity contribution in [3.63, 3.8) is 0 Å². The number of benzene rings is 1. The minimum absolute atomic E-state index is 0.0418. The average molecular weight is 341 g/mol. The van der Waals surface area contributed by atoms with Gasteiger partial charge in [0.25, 0.3) is 0 Å². The lowest BCUT2D eigenvalue weighted by Crippen LogP contribution is -2.05. The van der Waals surface area contributed by atoms with Gasteiger partial charge in [-0.3, -0.25) is 0 Å². The number of phenols is 2. The molecule has 0 radical (unpaired) electrons. The number of hydrogen-bond acceptors (Lipinski definition) is 4. The largest absolute Gasteiger partial charge is 0.507 e. The first-order valence-electron chi connectivity index (χ1n) is 9.27. The van der Waals surface area contributed by atoms with Crippen LogP contribution in [0.5, 0.6) is 11.5 Å². The number of aryl methyl sites for hydroxylation is 1. The molecule has 1 heterocycles. The maximum atomic E-state index is 11.0. The maximum Gasteiger partial charge on any atom is 0.170 e. The lowest BCUT2D eigenvalue weighted by Gasteiger charge is -2.23. The summed E-state index contributed by atoms with van der Waals surface area (Å²) in [6.45, 7) is 4.27. The summed E-state index contributed by atoms with van der Waals surface area (Å²) in [4.78, 5) is 0. The zero-order chi connectivity index (χ0) is 17.8. The quantitative estimate of drug-likeness (QED) is 0.522. The van der Waals surface area contributed by atoms with Crippen LogP contribution in [-0.2, 0) is 6.42 Å². The van der Waals surface area contributed by atoms with Crippen molar-refractivity contribution in [3.8, 4) is 22.8 Å². The minimum atomic E-state index is 0.0418. The van der Waals surface area contributed by atoms with Gasteiger partial charge in [-0.15, -0.1) is 0 Å². The Balaban J connectivity index is 2.08. The number of rotatable bonds is 6. The van der Waals surface area contributed by atoms with E-state index in [4.69, 9.17) is 4.52 Å². The molecule has 0 spiro atoms. The van der Waals surface area contributed by atoms with Crippen LogP contribution in [0.2, 0.25) is 0 Å². The number of allylic oxidation sites excluding steroid dienone is 2. The highest BCUT2D eigenvalue weighted by atomic mass is 16.5. The Morgan fingerprint density at radius 1 is 1.28 bits per heavy atom. The molecule has 4 heteroatoms. The lowest BCUT2D eigenvalue weighted by molar-refractivity contribution is 0.415. The summed E-state index contributed by atoms with van der Waals surface area (Å²) in [5, 5.41) is 25.5. The second-order valence-electron chi connectivity index (χ2n) is 7.04. The van der Waals surface area contributed by atoms with E-state index in [2.05, 4.69) is 25.1 Å². The number of hydrogen-bond donors (Lipinski definition) is 2. The summed E-state index contributed by atoms with van der Waals surface area (Å²) < 4.78 is 5.34. The van der Waals surface area contributed by atoms with Crippen LogP contribution in [0.3, 0.4) is 0 Å². The zero-order valence-electron chi connectivity index (χ0n) is 15.1. The molecule has 0 aliphatic heterocycles. The van der Waals surface area contributed by atoms with Gasteiger partial charge in [-0.25, -0.2) is 0 Å². The van der Waals surface area contributed by atoms with Crippen LogP contribution in [0, 0.1) is 0 Å². The molecule has 1 aromatic carbocycles. The molecule has 1 aliphatic rings. The fourth-order valence-electron chi connectivity index (χ4n) is 3.81. The van der Waals surface area contributed by atoms with E-state index in [9.17, 15) is 10.2 Å². The van der Waals surface area contributed by atoms with Crippen molar-refractivity contribution < 1.29 is 14.7 Å². The Morgan fingerprint density at radius 3 is 2.80 bits per heavy atom. The van der Waals surface area contributed by atoms with Gasteiger partial charge in [0.15, 0.2) is 5.76 Å². The molecule has 1 atom stereocenters. The Hall–Kier alpha value is -2.23. The molecule has 1 unspecified atom stereocenters. The van der Waals surface area contributed by atoms with E-state index in [-0.39, 0.29) is 17.4 Å². The third kappa shape index (κ3) is 3.73. The molecule has 0 saturated heterocycles. The molecule has 0 fully saturated rings. The summed E-state index contributed by atoms with van der Waals surface area (Å²) in [6, 6.07) is 3.57. The Labute approximate surface area is 149 Å². The Kier molecular flexibility index (Phi) is 5.47. The summed E-state index contributed by atoms with van der Waals surface area (Å²) in [6.07, 6.45) is 10.9. The van der Waals surface area contributed by atoms with Crippen molar-refractivity contribution in [1.82, 2.24) is 5.16 Å². The van der Waals surface area contributed by atoms with E-state index in [1.165, 1.54) is 5.57 Å². The van der Waals surface area contributed by atoms with Crippen LogP contribution in [-0.4, -0.2) is 15.4 Å². The predicted octanol–water partition coefficient (Wildman–Crippen LogP) is 5.70. The summed E-state index contributed by atoms with van der Waals surface area (Å²) in [5.41, 5.74) is 3.52. The Bertz CT molecular complexity index is 747.